The predicted octanol–water partition coefficient (Wildman–Crippen LogP) is -0.235. The Hall–Kier alpha value is -0.770. The van der Waals surface area contributed by atoms with E-state index < -0.39 is 0 Å². The van der Waals surface area contributed by atoms with Crippen molar-refractivity contribution in [2.75, 3.05) is 6.54 Å². The molecule has 0 amide bonds. The van der Waals surface area contributed by atoms with Gasteiger partial charge in [-0.1, -0.05) is 0 Å². The molecule has 0 radical (unpaired) electrons. The second-order valence-corrected chi connectivity index (χ2v) is 1.27. The third-order valence-electron chi connectivity index (χ3n) is 0.732. The number of rotatable bonds is 1. The Balaban J connectivity index is 2.44. The maximum Gasteiger partial charge on any atom is 0.122 e. The van der Waals surface area contributed by atoms with Gasteiger partial charge in [0.1, 0.15) is 6.04 Å². The molecule has 0 bridgehead atoms. The van der Waals surface area contributed by atoms with Crippen molar-refractivity contribution in [3.8, 4) is 0 Å². The largest absolute Gasteiger partial charge is 0.328 e. The molecular weight excluding hydrogens is 92.1 g/mol. The van der Waals surface area contributed by atoms with E-state index in [0.717, 1.165) is 0 Å². The summed E-state index contributed by atoms with van der Waals surface area (Å²) in [4.78, 5) is 0. The molecule has 0 aromatic heterocycles. The number of nitrogens with two attached hydrogens (primary N) is 1. The molecule has 0 saturated heterocycles. The standard InChI is InChI=1S/C3H6N4/c4-1-3-2-5-7-6-3/h2-3H,1,4H2. The molecule has 0 aromatic rings. The van der Waals surface area contributed by atoms with Gasteiger partial charge in [0.2, 0.25) is 0 Å². The van der Waals surface area contributed by atoms with Crippen molar-refractivity contribution in [1.29, 1.82) is 0 Å². The van der Waals surface area contributed by atoms with Crippen LogP contribution in [0.1, 0.15) is 0 Å². The summed E-state index contributed by atoms with van der Waals surface area (Å²) in [5.74, 6) is 0. The van der Waals surface area contributed by atoms with Crippen LogP contribution in [0.2, 0.25) is 0 Å². The highest BCUT2D eigenvalue weighted by Crippen LogP contribution is 1.93. The van der Waals surface area contributed by atoms with Crippen molar-refractivity contribution in [2.24, 2.45) is 21.2 Å². The van der Waals surface area contributed by atoms with Crippen LogP contribution in [-0.2, 0) is 0 Å². The van der Waals surface area contributed by atoms with Crippen molar-refractivity contribution in [3.63, 3.8) is 0 Å². The van der Waals surface area contributed by atoms with E-state index in [9.17, 15) is 0 Å². The topological polar surface area (TPSA) is 63.1 Å². The fourth-order valence-corrected chi connectivity index (χ4v) is 0.341. The predicted molar refractivity (Wildman–Crippen MR) is 26.2 cm³/mol. The van der Waals surface area contributed by atoms with Crippen LogP contribution in [0, 0.1) is 0 Å². The van der Waals surface area contributed by atoms with E-state index >= 15 is 0 Å². The molecule has 4 heteroatoms. The molecule has 1 unspecified atom stereocenters. The zero-order valence-electron chi connectivity index (χ0n) is 3.78. The molecule has 1 heterocycles. The first kappa shape index (κ1) is 4.39. The van der Waals surface area contributed by atoms with Crippen LogP contribution in [0.3, 0.4) is 0 Å². The van der Waals surface area contributed by atoms with E-state index in [-0.39, 0.29) is 6.04 Å². The average Bonchev–Trinajstić information content (AvgIpc) is 2.14. The summed E-state index contributed by atoms with van der Waals surface area (Å²) in [5, 5.41) is 10.5. The summed E-state index contributed by atoms with van der Waals surface area (Å²) in [7, 11) is 0. The minimum atomic E-state index is 0.0417. The molecule has 4 nitrogen and oxygen atoms in total. The molecule has 1 atom stereocenters. The average molecular weight is 98.1 g/mol. The van der Waals surface area contributed by atoms with Gasteiger partial charge >= 0.3 is 0 Å². The van der Waals surface area contributed by atoms with Gasteiger partial charge in [-0.25, -0.2) is 0 Å². The molecule has 38 valence electrons. The zero-order chi connectivity index (χ0) is 5.11. The minimum absolute atomic E-state index is 0.0417. The molecule has 0 saturated carbocycles. The van der Waals surface area contributed by atoms with Gasteiger partial charge in [0.15, 0.2) is 0 Å². The molecule has 1 rings (SSSR count). The van der Waals surface area contributed by atoms with Crippen molar-refractivity contribution in [3.05, 3.63) is 0 Å². The monoisotopic (exact) mass is 98.1 g/mol. The van der Waals surface area contributed by atoms with Crippen LogP contribution < -0.4 is 5.73 Å². The Bertz CT molecular complexity index is 93.5. The van der Waals surface area contributed by atoms with Gasteiger partial charge in [-0.2, -0.15) is 5.11 Å². The van der Waals surface area contributed by atoms with Crippen LogP contribution in [0.15, 0.2) is 15.4 Å². The highest BCUT2D eigenvalue weighted by molar-refractivity contribution is 5.65. The van der Waals surface area contributed by atoms with Gasteiger partial charge in [-0.3, -0.25) is 0 Å². The van der Waals surface area contributed by atoms with E-state index in [1.807, 2.05) is 0 Å². The summed E-state index contributed by atoms with van der Waals surface area (Å²) in [6.45, 7) is 0.507. The van der Waals surface area contributed by atoms with Gasteiger partial charge in [-0.05, 0) is 5.22 Å². The summed E-state index contributed by atoms with van der Waals surface area (Å²) >= 11 is 0. The Labute approximate surface area is 41.1 Å². The van der Waals surface area contributed by atoms with Gasteiger partial charge in [-0.15, -0.1) is 5.10 Å². The molecule has 0 fully saturated rings. The molecule has 1 aliphatic rings. The third kappa shape index (κ3) is 0.806. The highest BCUT2D eigenvalue weighted by atomic mass is 15.4. The van der Waals surface area contributed by atoms with Crippen LogP contribution >= 0.6 is 0 Å². The molecule has 0 spiro atoms. The number of nitrogens with zero attached hydrogens (tertiary/aromatic N) is 3. The summed E-state index contributed by atoms with van der Waals surface area (Å²) in [6, 6.07) is 0.0417. The second-order valence-electron chi connectivity index (χ2n) is 1.27. The second kappa shape index (κ2) is 1.79. The molecule has 7 heavy (non-hydrogen) atoms. The van der Waals surface area contributed by atoms with Crippen molar-refractivity contribution < 1.29 is 0 Å². The van der Waals surface area contributed by atoms with Crippen molar-refractivity contribution in [2.45, 2.75) is 6.04 Å². The molecule has 1 aliphatic heterocycles. The number of hydrogen-bond acceptors (Lipinski definition) is 4. The Kier molecular flexibility index (Phi) is 1.12. The lowest BCUT2D eigenvalue weighted by Gasteiger charge is -1.88. The summed E-state index contributed by atoms with van der Waals surface area (Å²) in [5.41, 5.74) is 5.19. The smallest absolute Gasteiger partial charge is 0.122 e. The Morgan fingerprint density at radius 1 is 1.71 bits per heavy atom. The fourth-order valence-electron chi connectivity index (χ4n) is 0.341. The Morgan fingerprint density at radius 2 is 2.57 bits per heavy atom. The quantitative estimate of drug-likeness (QED) is 0.483. The van der Waals surface area contributed by atoms with E-state index in [0.29, 0.717) is 6.54 Å². The lowest BCUT2D eigenvalue weighted by molar-refractivity contribution is 0.838. The van der Waals surface area contributed by atoms with Crippen LogP contribution in [-0.4, -0.2) is 18.8 Å². The summed E-state index contributed by atoms with van der Waals surface area (Å²) < 4.78 is 0. The minimum Gasteiger partial charge on any atom is -0.328 e. The Morgan fingerprint density at radius 3 is 2.86 bits per heavy atom. The SMILES string of the molecule is NCC1C=NN=N1. The van der Waals surface area contributed by atoms with Crippen LogP contribution in [0.25, 0.3) is 0 Å². The third-order valence-corrected chi connectivity index (χ3v) is 0.732. The van der Waals surface area contributed by atoms with Crippen LogP contribution in [0.4, 0.5) is 0 Å². The first-order valence-electron chi connectivity index (χ1n) is 2.07. The normalized spacial score (nSPS) is 26.7. The van der Waals surface area contributed by atoms with Crippen LogP contribution in [0.5, 0.6) is 0 Å². The van der Waals surface area contributed by atoms with E-state index in [1.165, 1.54) is 0 Å². The molecular formula is C3H6N4. The lowest BCUT2D eigenvalue weighted by Crippen LogP contribution is -2.16. The highest BCUT2D eigenvalue weighted by Gasteiger charge is 2.01. The van der Waals surface area contributed by atoms with Gasteiger partial charge in [0.25, 0.3) is 0 Å². The maximum absolute atomic E-state index is 5.19. The first-order valence-corrected chi connectivity index (χ1v) is 2.07. The van der Waals surface area contributed by atoms with Gasteiger partial charge in [0.05, 0.1) is 6.21 Å². The number of hydrogen-bond donors (Lipinski definition) is 1. The van der Waals surface area contributed by atoms with Crippen molar-refractivity contribution >= 4 is 6.21 Å². The fraction of sp³-hybridized carbons (Fsp3) is 0.667. The van der Waals surface area contributed by atoms with Crippen molar-refractivity contribution in [1.82, 2.24) is 0 Å². The maximum atomic E-state index is 5.19. The van der Waals surface area contributed by atoms with E-state index in [1.54, 1.807) is 6.21 Å². The first-order chi connectivity index (χ1) is 3.43. The summed E-state index contributed by atoms with van der Waals surface area (Å²) in [6.07, 6.45) is 1.62. The van der Waals surface area contributed by atoms with Gasteiger partial charge in [0, 0.05) is 6.54 Å². The lowest BCUT2D eigenvalue weighted by atomic mass is 10.4. The molecule has 0 aliphatic carbocycles. The zero-order valence-corrected chi connectivity index (χ0v) is 3.78. The van der Waals surface area contributed by atoms with E-state index in [2.05, 4.69) is 15.4 Å². The van der Waals surface area contributed by atoms with Gasteiger partial charge < -0.3 is 5.73 Å². The molecule has 0 aromatic carbocycles. The van der Waals surface area contributed by atoms with E-state index in [4.69, 9.17) is 5.73 Å². The molecule has 2 N–H and O–H groups in total.